The first-order valence-corrected chi connectivity index (χ1v) is 10.6. The predicted octanol–water partition coefficient (Wildman–Crippen LogP) is 2.46. The molecule has 1 saturated heterocycles. The van der Waals surface area contributed by atoms with E-state index in [0.29, 0.717) is 37.7 Å². The summed E-state index contributed by atoms with van der Waals surface area (Å²) in [6, 6.07) is 9.44. The summed E-state index contributed by atoms with van der Waals surface area (Å²) in [6.07, 6.45) is -4.60. The molecule has 0 atom stereocenters. The van der Waals surface area contributed by atoms with Gasteiger partial charge >= 0.3 is 12.1 Å². The summed E-state index contributed by atoms with van der Waals surface area (Å²) in [6.45, 7) is 0.401. The molecule has 0 spiro atoms. The van der Waals surface area contributed by atoms with Crippen LogP contribution in [0.1, 0.15) is 15.9 Å². The van der Waals surface area contributed by atoms with E-state index < -0.39 is 42.7 Å². The Morgan fingerprint density at radius 2 is 1.80 bits per heavy atom. The number of morpholine rings is 1. The van der Waals surface area contributed by atoms with Gasteiger partial charge in [0.05, 0.1) is 42.8 Å². The molecule has 0 unspecified atom stereocenters. The minimum Gasteiger partial charge on any atom is -0.496 e. The number of ether oxygens (including phenoxy) is 3. The van der Waals surface area contributed by atoms with Crippen LogP contribution in [0.3, 0.4) is 0 Å². The highest BCUT2D eigenvalue weighted by Gasteiger charge is 2.32. The number of carbonyl (C=O) groups excluding carboxylic acids is 3. The lowest BCUT2D eigenvalue weighted by Gasteiger charge is -2.31. The number of alkyl halides is 3. The lowest BCUT2D eigenvalue weighted by atomic mass is 10.1. The zero-order valence-corrected chi connectivity index (χ0v) is 18.8. The van der Waals surface area contributed by atoms with Crippen LogP contribution < -0.4 is 20.3 Å². The van der Waals surface area contributed by atoms with Crippen LogP contribution in [-0.2, 0) is 25.2 Å². The van der Waals surface area contributed by atoms with E-state index in [1.807, 2.05) is 0 Å². The number of amides is 2. The van der Waals surface area contributed by atoms with Gasteiger partial charge in [-0.1, -0.05) is 12.1 Å². The highest BCUT2D eigenvalue weighted by molar-refractivity contribution is 5.99. The number of esters is 1. The molecule has 0 radical (unpaired) electrons. The number of carbonyl (C=O) groups is 3. The Morgan fingerprint density at radius 1 is 1.09 bits per heavy atom. The SMILES string of the molecule is COc1ccccc1C(=O)NCC(=O)OCC(=O)Nc1cc(C(F)(F)F)ccc1N1CCOCC1. The third-order valence-electron chi connectivity index (χ3n) is 5.06. The first-order valence-electron chi connectivity index (χ1n) is 10.6. The van der Waals surface area contributed by atoms with Gasteiger partial charge in [-0.3, -0.25) is 14.4 Å². The number of hydrogen-bond acceptors (Lipinski definition) is 7. The maximum Gasteiger partial charge on any atom is 0.416 e. The van der Waals surface area contributed by atoms with Crippen molar-refractivity contribution in [2.45, 2.75) is 6.18 Å². The summed E-state index contributed by atoms with van der Waals surface area (Å²) in [5.41, 5.74) is -0.390. The zero-order valence-electron chi connectivity index (χ0n) is 18.8. The number of halogens is 3. The van der Waals surface area contributed by atoms with E-state index >= 15 is 0 Å². The highest BCUT2D eigenvalue weighted by Crippen LogP contribution is 2.35. The minimum atomic E-state index is -4.60. The maximum atomic E-state index is 13.2. The van der Waals surface area contributed by atoms with Crippen LogP contribution in [-0.4, -0.2) is 64.3 Å². The lowest BCUT2D eigenvalue weighted by Crippen LogP contribution is -2.37. The van der Waals surface area contributed by atoms with E-state index in [1.165, 1.54) is 19.2 Å². The topological polar surface area (TPSA) is 106 Å². The fourth-order valence-electron chi connectivity index (χ4n) is 3.36. The second-order valence-electron chi connectivity index (χ2n) is 7.42. The monoisotopic (exact) mass is 495 g/mol. The van der Waals surface area contributed by atoms with Crippen molar-refractivity contribution >= 4 is 29.2 Å². The molecule has 3 rings (SSSR count). The van der Waals surface area contributed by atoms with E-state index in [-0.39, 0.29) is 11.3 Å². The third kappa shape index (κ3) is 7.09. The molecule has 2 N–H and O–H groups in total. The Labute approximate surface area is 199 Å². The van der Waals surface area contributed by atoms with Crippen LogP contribution >= 0.6 is 0 Å². The molecule has 0 aliphatic carbocycles. The molecule has 9 nitrogen and oxygen atoms in total. The van der Waals surface area contributed by atoms with Crippen LogP contribution in [0.2, 0.25) is 0 Å². The molecular formula is C23H24F3N3O6. The van der Waals surface area contributed by atoms with E-state index in [4.69, 9.17) is 14.2 Å². The Kier molecular flexibility index (Phi) is 8.53. The van der Waals surface area contributed by atoms with Gasteiger partial charge in [0, 0.05) is 13.1 Å². The van der Waals surface area contributed by atoms with Crippen molar-refractivity contribution in [3.05, 3.63) is 53.6 Å². The maximum absolute atomic E-state index is 13.2. The van der Waals surface area contributed by atoms with Crippen molar-refractivity contribution in [2.75, 3.05) is 56.8 Å². The predicted molar refractivity (Wildman–Crippen MR) is 119 cm³/mol. The quantitative estimate of drug-likeness (QED) is 0.542. The second-order valence-corrected chi connectivity index (χ2v) is 7.42. The largest absolute Gasteiger partial charge is 0.496 e. The van der Waals surface area contributed by atoms with Crippen molar-refractivity contribution < 1.29 is 41.8 Å². The number of rotatable bonds is 8. The molecule has 1 aliphatic rings. The van der Waals surface area contributed by atoms with Gasteiger partial charge in [-0.05, 0) is 30.3 Å². The van der Waals surface area contributed by atoms with E-state index in [0.717, 1.165) is 12.1 Å². The van der Waals surface area contributed by atoms with Crippen molar-refractivity contribution in [3.63, 3.8) is 0 Å². The van der Waals surface area contributed by atoms with E-state index in [1.54, 1.807) is 23.1 Å². The molecule has 1 fully saturated rings. The van der Waals surface area contributed by atoms with Crippen LogP contribution in [0.15, 0.2) is 42.5 Å². The van der Waals surface area contributed by atoms with Gasteiger partial charge < -0.3 is 29.7 Å². The summed E-state index contributed by atoms with van der Waals surface area (Å²) >= 11 is 0. The fraction of sp³-hybridized carbons (Fsp3) is 0.348. The normalized spacial score (nSPS) is 13.7. The Balaban J connectivity index is 1.58. The molecule has 2 amide bonds. The molecule has 1 aliphatic heterocycles. The number of para-hydroxylation sites is 1. The third-order valence-corrected chi connectivity index (χ3v) is 5.06. The highest BCUT2D eigenvalue weighted by atomic mass is 19.4. The average molecular weight is 495 g/mol. The number of methoxy groups -OCH3 is 1. The summed E-state index contributed by atoms with van der Waals surface area (Å²) in [7, 11) is 1.40. The van der Waals surface area contributed by atoms with Crippen LogP contribution in [0.25, 0.3) is 0 Å². The Bertz CT molecular complexity index is 1070. The summed E-state index contributed by atoms with van der Waals surface area (Å²) in [5, 5.41) is 4.73. The second kappa shape index (κ2) is 11.6. The number of nitrogens with zero attached hydrogens (tertiary/aromatic N) is 1. The van der Waals surface area contributed by atoms with Crippen LogP contribution in [0.4, 0.5) is 24.5 Å². The van der Waals surface area contributed by atoms with Gasteiger partial charge in [-0.25, -0.2) is 0 Å². The van der Waals surface area contributed by atoms with Gasteiger partial charge in [-0.2, -0.15) is 13.2 Å². The van der Waals surface area contributed by atoms with Gasteiger partial charge in [0.25, 0.3) is 11.8 Å². The van der Waals surface area contributed by atoms with Gasteiger partial charge in [0.1, 0.15) is 12.3 Å². The van der Waals surface area contributed by atoms with Crippen LogP contribution in [0, 0.1) is 0 Å². The molecular weight excluding hydrogens is 471 g/mol. The standard InChI is InChI=1S/C23H24F3N3O6/c1-33-19-5-3-2-4-16(19)22(32)27-13-21(31)35-14-20(30)28-17-12-15(23(24,25)26)6-7-18(17)29-8-10-34-11-9-29/h2-7,12H,8-11,13-14H2,1H3,(H,27,32)(H,28,30). The van der Waals surface area contributed by atoms with E-state index in [9.17, 15) is 27.6 Å². The summed E-state index contributed by atoms with van der Waals surface area (Å²) in [5.74, 6) is -2.00. The average Bonchev–Trinajstić information content (AvgIpc) is 2.86. The molecule has 188 valence electrons. The van der Waals surface area contributed by atoms with E-state index in [2.05, 4.69) is 10.6 Å². The van der Waals surface area contributed by atoms with Crippen molar-refractivity contribution in [3.8, 4) is 5.75 Å². The first kappa shape index (κ1) is 25.8. The van der Waals surface area contributed by atoms with Gasteiger partial charge in [-0.15, -0.1) is 0 Å². The molecule has 35 heavy (non-hydrogen) atoms. The molecule has 1 heterocycles. The molecule has 2 aromatic rings. The van der Waals surface area contributed by atoms with Gasteiger partial charge in [0.15, 0.2) is 6.61 Å². The van der Waals surface area contributed by atoms with Crippen molar-refractivity contribution in [1.82, 2.24) is 5.32 Å². The van der Waals surface area contributed by atoms with Crippen molar-refractivity contribution in [2.24, 2.45) is 0 Å². The smallest absolute Gasteiger partial charge is 0.416 e. The molecule has 0 saturated carbocycles. The van der Waals surface area contributed by atoms with Crippen molar-refractivity contribution in [1.29, 1.82) is 0 Å². The van der Waals surface area contributed by atoms with Gasteiger partial charge in [0.2, 0.25) is 0 Å². The molecule has 12 heteroatoms. The van der Waals surface area contributed by atoms with Crippen LogP contribution in [0.5, 0.6) is 5.75 Å². The molecule has 0 bridgehead atoms. The zero-order chi connectivity index (χ0) is 25.4. The number of benzene rings is 2. The molecule has 2 aromatic carbocycles. The Hall–Kier alpha value is -3.80. The fourth-order valence-corrected chi connectivity index (χ4v) is 3.36. The Morgan fingerprint density at radius 3 is 2.49 bits per heavy atom. The molecule has 0 aromatic heterocycles. The minimum absolute atomic E-state index is 0.0627. The number of anilines is 2. The first-order chi connectivity index (χ1) is 16.7. The number of nitrogens with one attached hydrogen (secondary N) is 2. The summed E-state index contributed by atoms with van der Waals surface area (Å²) in [4.78, 5) is 38.3. The summed E-state index contributed by atoms with van der Waals surface area (Å²) < 4.78 is 54.8. The number of hydrogen-bond donors (Lipinski definition) is 2. The lowest BCUT2D eigenvalue weighted by molar-refractivity contribution is -0.146.